The largest absolute Gasteiger partial charge is 0.379 e. The van der Waals surface area contributed by atoms with Crippen molar-refractivity contribution in [2.75, 3.05) is 63.9 Å². The number of nitrogens with one attached hydrogen (secondary N) is 1. The lowest BCUT2D eigenvalue weighted by molar-refractivity contribution is 0.0341. The van der Waals surface area contributed by atoms with E-state index < -0.39 is 0 Å². The van der Waals surface area contributed by atoms with Crippen molar-refractivity contribution in [1.82, 2.24) is 15.1 Å². The number of anilines is 1. The van der Waals surface area contributed by atoms with Crippen LogP contribution < -0.4 is 10.2 Å². The van der Waals surface area contributed by atoms with Crippen LogP contribution in [-0.4, -0.2) is 74.8 Å². The molecule has 0 radical (unpaired) electrons. The van der Waals surface area contributed by atoms with Gasteiger partial charge in [-0.3, -0.25) is 4.90 Å². The van der Waals surface area contributed by atoms with Gasteiger partial charge < -0.3 is 19.9 Å². The molecule has 6 nitrogen and oxygen atoms in total. The summed E-state index contributed by atoms with van der Waals surface area (Å²) >= 11 is 1.82. The number of ether oxygens (including phenoxy) is 1. The van der Waals surface area contributed by atoms with Crippen LogP contribution in [0.15, 0.2) is 46.8 Å². The number of hydrogen-bond acceptors (Lipinski definition) is 5. The predicted molar refractivity (Wildman–Crippen MR) is 141 cm³/mol. The Morgan fingerprint density at radius 3 is 2.42 bits per heavy atom. The number of hydrogen-bond donors (Lipinski definition) is 1. The van der Waals surface area contributed by atoms with Crippen LogP contribution in [0.4, 0.5) is 5.00 Å². The molecular formula is C23H34IN5OS. The average Bonchev–Trinajstić information content (AvgIpc) is 3.33. The molecule has 1 aromatic heterocycles. The third-order valence-electron chi connectivity index (χ3n) is 5.75. The van der Waals surface area contributed by atoms with Crippen molar-refractivity contribution in [3.05, 3.63) is 52.9 Å². The molecule has 0 spiro atoms. The lowest BCUT2D eigenvalue weighted by Gasteiger charge is -2.37. The second kappa shape index (κ2) is 12.6. The molecular weight excluding hydrogens is 521 g/mol. The van der Waals surface area contributed by atoms with Gasteiger partial charge in [-0.1, -0.05) is 24.3 Å². The molecule has 2 fully saturated rings. The van der Waals surface area contributed by atoms with Gasteiger partial charge in [0.15, 0.2) is 5.96 Å². The number of rotatable bonds is 6. The second-order valence-corrected chi connectivity index (χ2v) is 8.68. The van der Waals surface area contributed by atoms with E-state index in [9.17, 15) is 0 Å². The molecule has 1 N–H and O–H groups in total. The smallest absolute Gasteiger partial charge is 0.194 e. The molecule has 0 unspecified atom stereocenters. The molecule has 1 aromatic carbocycles. The molecule has 0 amide bonds. The van der Waals surface area contributed by atoms with Crippen LogP contribution in [0.2, 0.25) is 0 Å². The summed E-state index contributed by atoms with van der Waals surface area (Å²) in [6, 6.07) is 13.1. The Kier molecular flexibility index (Phi) is 9.89. The Morgan fingerprint density at radius 1 is 1.00 bits per heavy atom. The SMILES string of the molecule is CCNC(=NCc1ccccc1CN1CCOCC1)N1CCN(c2cccs2)CC1.I. The van der Waals surface area contributed by atoms with Crippen LogP contribution in [0.1, 0.15) is 18.1 Å². The summed E-state index contributed by atoms with van der Waals surface area (Å²) in [5, 5.41) is 7.03. The zero-order chi connectivity index (χ0) is 20.6. The van der Waals surface area contributed by atoms with Crippen LogP contribution >= 0.6 is 35.3 Å². The predicted octanol–water partition coefficient (Wildman–Crippen LogP) is 3.49. The Hall–Kier alpha value is -1.36. The number of piperazine rings is 1. The summed E-state index contributed by atoms with van der Waals surface area (Å²) in [4.78, 5) is 12.4. The van der Waals surface area contributed by atoms with Crippen molar-refractivity contribution in [1.29, 1.82) is 0 Å². The number of halogens is 1. The zero-order valence-electron chi connectivity index (χ0n) is 18.3. The van der Waals surface area contributed by atoms with Gasteiger partial charge in [-0.15, -0.1) is 35.3 Å². The van der Waals surface area contributed by atoms with E-state index in [1.807, 2.05) is 11.3 Å². The summed E-state index contributed by atoms with van der Waals surface area (Å²) < 4.78 is 5.49. The Morgan fingerprint density at radius 2 is 1.74 bits per heavy atom. The minimum Gasteiger partial charge on any atom is -0.379 e. The number of morpholine rings is 1. The maximum Gasteiger partial charge on any atom is 0.194 e. The Labute approximate surface area is 207 Å². The van der Waals surface area contributed by atoms with Crippen molar-refractivity contribution in [2.24, 2.45) is 4.99 Å². The molecule has 170 valence electrons. The standard InChI is InChI=1S/C23H33N5OS.HI/c1-2-24-23(28-11-9-27(10-12-28)22-8-5-17-30-22)25-18-20-6-3-4-7-21(20)19-26-13-15-29-16-14-26;/h3-8,17H,2,9-16,18-19H2,1H3,(H,24,25);1H. The fourth-order valence-electron chi connectivity index (χ4n) is 4.04. The highest BCUT2D eigenvalue weighted by Crippen LogP contribution is 2.22. The van der Waals surface area contributed by atoms with Crippen LogP contribution in [-0.2, 0) is 17.8 Å². The molecule has 4 rings (SSSR count). The first-order chi connectivity index (χ1) is 14.8. The van der Waals surface area contributed by atoms with Crippen LogP contribution in [0.3, 0.4) is 0 Å². The number of guanidine groups is 1. The highest BCUT2D eigenvalue weighted by Gasteiger charge is 2.20. The summed E-state index contributed by atoms with van der Waals surface area (Å²) in [6.45, 7) is 12.5. The zero-order valence-corrected chi connectivity index (χ0v) is 21.5. The van der Waals surface area contributed by atoms with Gasteiger partial charge in [-0.2, -0.15) is 0 Å². The van der Waals surface area contributed by atoms with Gasteiger partial charge in [-0.05, 0) is 35.6 Å². The topological polar surface area (TPSA) is 43.3 Å². The highest BCUT2D eigenvalue weighted by atomic mass is 127. The maximum atomic E-state index is 5.49. The number of aliphatic imine (C=N–C) groups is 1. The van der Waals surface area contributed by atoms with E-state index in [-0.39, 0.29) is 24.0 Å². The first-order valence-corrected chi connectivity index (χ1v) is 11.9. The molecule has 8 heteroatoms. The van der Waals surface area contributed by atoms with Crippen molar-refractivity contribution in [3.63, 3.8) is 0 Å². The minimum absolute atomic E-state index is 0. The molecule has 0 saturated carbocycles. The maximum absolute atomic E-state index is 5.49. The van der Waals surface area contributed by atoms with E-state index in [2.05, 4.69) is 68.7 Å². The fraction of sp³-hybridized carbons (Fsp3) is 0.522. The molecule has 2 aliphatic rings. The second-order valence-electron chi connectivity index (χ2n) is 7.75. The summed E-state index contributed by atoms with van der Waals surface area (Å²) in [5.41, 5.74) is 2.69. The van der Waals surface area contributed by atoms with E-state index in [0.717, 1.165) is 71.5 Å². The van der Waals surface area contributed by atoms with Crippen molar-refractivity contribution < 1.29 is 4.74 Å². The normalized spacial score (nSPS) is 18.0. The molecule has 0 bridgehead atoms. The first-order valence-electron chi connectivity index (χ1n) is 11.0. The Balaban J connectivity index is 0.00000272. The molecule has 31 heavy (non-hydrogen) atoms. The van der Waals surface area contributed by atoms with E-state index in [4.69, 9.17) is 9.73 Å². The van der Waals surface area contributed by atoms with Crippen molar-refractivity contribution in [3.8, 4) is 0 Å². The van der Waals surface area contributed by atoms with Crippen LogP contribution in [0.25, 0.3) is 0 Å². The molecule has 0 atom stereocenters. The van der Waals surface area contributed by atoms with Crippen molar-refractivity contribution >= 4 is 46.3 Å². The monoisotopic (exact) mass is 555 g/mol. The molecule has 2 aromatic rings. The number of nitrogens with zero attached hydrogens (tertiary/aromatic N) is 4. The highest BCUT2D eigenvalue weighted by molar-refractivity contribution is 14.0. The van der Waals surface area contributed by atoms with Crippen molar-refractivity contribution in [2.45, 2.75) is 20.0 Å². The van der Waals surface area contributed by atoms with Gasteiger partial charge in [0, 0.05) is 52.4 Å². The quantitative estimate of drug-likeness (QED) is 0.336. The lowest BCUT2D eigenvalue weighted by Crippen LogP contribution is -2.52. The van der Waals surface area contributed by atoms with Gasteiger partial charge in [0.05, 0.1) is 24.8 Å². The number of thiophene rings is 1. The lowest BCUT2D eigenvalue weighted by atomic mass is 10.1. The van der Waals surface area contributed by atoms with Crippen LogP contribution in [0, 0.1) is 0 Å². The summed E-state index contributed by atoms with van der Waals surface area (Å²) in [6.07, 6.45) is 0. The molecule has 3 heterocycles. The summed E-state index contributed by atoms with van der Waals surface area (Å²) in [5.74, 6) is 1.03. The summed E-state index contributed by atoms with van der Waals surface area (Å²) in [7, 11) is 0. The third-order valence-corrected chi connectivity index (χ3v) is 6.68. The fourth-order valence-corrected chi connectivity index (χ4v) is 4.83. The minimum atomic E-state index is 0. The van der Waals surface area contributed by atoms with Gasteiger partial charge in [-0.25, -0.2) is 4.99 Å². The van der Waals surface area contributed by atoms with E-state index >= 15 is 0 Å². The van der Waals surface area contributed by atoms with E-state index in [1.54, 1.807) is 0 Å². The molecule has 0 aliphatic carbocycles. The van der Waals surface area contributed by atoms with Crippen LogP contribution in [0.5, 0.6) is 0 Å². The molecule has 2 aliphatic heterocycles. The van der Waals surface area contributed by atoms with E-state index in [0.29, 0.717) is 6.54 Å². The average molecular weight is 556 g/mol. The van der Waals surface area contributed by atoms with E-state index in [1.165, 1.54) is 16.1 Å². The third kappa shape index (κ3) is 6.81. The molecule has 2 saturated heterocycles. The van der Waals surface area contributed by atoms with Gasteiger partial charge in [0.25, 0.3) is 0 Å². The van der Waals surface area contributed by atoms with Gasteiger partial charge >= 0.3 is 0 Å². The van der Waals surface area contributed by atoms with Gasteiger partial charge in [0.2, 0.25) is 0 Å². The first kappa shape index (κ1) is 24.3. The Bertz CT molecular complexity index is 802. The van der Waals surface area contributed by atoms with Gasteiger partial charge in [0.1, 0.15) is 0 Å². The number of benzene rings is 1.